The summed E-state index contributed by atoms with van der Waals surface area (Å²) in [6.07, 6.45) is 0. The lowest BCUT2D eigenvalue weighted by atomic mass is 10.2. The standard InChI is InChI=1S/C14H15ClN2/c1-16-12-6-8-13(9-7-12)17(2)14-5-3-4-11(15)10-14/h3-10,16H,1-2H3. The molecule has 0 saturated heterocycles. The summed E-state index contributed by atoms with van der Waals surface area (Å²) in [6.45, 7) is 0. The summed E-state index contributed by atoms with van der Waals surface area (Å²) in [5, 5.41) is 3.85. The second-order valence-corrected chi connectivity index (χ2v) is 4.27. The van der Waals surface area contributed by atoms with Crippen molar-refractivity contribution >= 4 is 28.7 Å². The topological polar surface area (TPSA) is 15.3 Å². The molecule has 0 heterocycles. The van der Waals surface area contributed by atoms with E-state index in [-0.39, 0.29) is 0 Å². The number of halogens is 1. The molecule has 0 aliphatic carbocycles. The Balaban J connectivity index is 2.27. The van der Waals surface area contributed by atoms with E-state index in [1.165, 1.54) is 0 Å². The van der Waals surface area contributed by atoms with Gasteiger partial charge in [-0.05, 0) is 42.5 Å². The zero-order valence-corrected chi connectivity index (χ0v) is 10.7. The number of benzene rings is 2. The highest BCUT2D eigenvalue weighted by Gasteiger charge is 2.03. The first-order valence-electron chi connectivity index (χ1n) is 5.48. The normalized spacial score (nSPS) is 10.1. The Hall–Kier alpha value is -1.67. The third-order valence-corrected chi connectivity index (χ3v) is 2.97. The van der Waals surface area contributed by atoms with Crippen molar-refractivity contribution in [3.8, 4) is 0 Å². The van der Waals surface area contributed by atoms with Crippen LogP contribution in [0.3, 0.4) is 0 Å². The van der Waals surface area contributed by atoms with Crippen molar-refractivity contribution in [1.29, 1.82) is 0 Å². The van der Waals surface area contributed by atoms with Gasteiger partial charge in [0.2, 0.25) is 0 Å². The first kappa shape index (κ1) is 11.8. The minimum Gasteiger partial charge on any atom is -0.388 e. The molecular formula is C14H15ClN2. The lowest BCUT2D eigenvalue weighted by Gasteiger charge is -2.20. The van der Waals surface area contributed by atoms with E-state index in [0.29, 0.717) is 0 Å². The molecule has 2 rings (SSSR count). The zero-order chi connectivity index (χ0) is 12.3. The average molecular weight is 247 g/mol. The van der Waals surface area contributed by atoms with Crippen molar-refractivity contribution in [3.63, 3.8) is 0 Å². The molecule has 0 amide bonds. The van der Waals surface area contributed by atoms with Gasteiger partial charge in [0, 0.05) is 36.2 Å². The second kappa shape index (κ2) is 5.11. The van der Waals surface area contributed by atoms with E-state index in [2.05, 4.69) is 34.5 Å². The number of hydrogen-bond donors (Lipinski definition) is 1. The lowest BCUT2D eigenvalue weighted by molar-refractivity contribution is 1.21. The van der Waals surface area contributed by atoms with Crippen LogP contribution < -0.4 is 10.2 Å². The third-order valence-electron chi connectivity index (χ3n) is 2.74. The van der Waals surface area contributed by atoms with Gasteiger partial charge in [0.05, 0.1) is 0 Å². The Kier molecular flexibility index (Phi) is 3.55. The van der Waals surface area contributed by atoms with Crippen molar-refractivity contribution in [1.82, 2.24) is 0 Å². The predicted octanol–water partition coefficient (Wildman–Crippen LogP) is 4.15. The predicted molar refractivity (Wildman–Crippen MR) is 75.5 cm³/mol. The molecule has 17 heavy (non-hydrogen) atoms. The maximum atomic E-state index is 5.99. The quantitative estimate of drug-likeness (QED) is 0.875. The molecule has 0 saturated carbocycles. The minimum atomic E-state index is 0.751. The van der Waals surface area contributed by atoms with E-state index in [4.69, 9.17) is 11.6 Å². The number of rotatable bonds is 3. The highest BCUT2D eigenvalue weighted by atomic mass is 35.5. The number of anilines is 3. The number of nitrogens with zero attached hydrogens (tertiary/aromatic N) is 1. The first-order valence-corrected chi connectivity index (χ1v) is 5.85. The van der Waals surface area contributed by atoms with Crippen molar-refractivity contribution < 1.29 is 0 Å². The Morgan fingerprint density at radius 1 is 1.00 bits per heavy atom. The van der Waals surface area contributed by atoms with Crippen LogP contribution in [0.4, 0.5) is 17.1 Å². The van der Waals surface area contributed by atoms with Gasteiger partial charge >= 0.3 is 0 Å². The van der Waals surface area contributed by atoms with Crippen molar-refractivity contribution in [2.75, 3.05) is 24.3 Å². The van der Waals surface area contributed by atoms with E-state index in [0.717, 1.165) is 22.1 Å². The maximum absolute atomic E-state index is 5.99. The summed E-state index contributed by atoms with van der Waals surface area (Å²) in [6, 6.07) is 16.1. The van der Waals surface area contributed by atoms with Crippen LogP contribution in [0.25, 0.3) is 0 Å². The Morgan fingerprint density at radius 3 is 2.29 bits per heavy atom. The molecule has 0 fully saturated rings. The summed E-state index contributed by atoms with van der Waals surface area (Å²) in [5.41, 5.74) is 3.31. The lowest BCUT2D eigenvalue weighted by Crippen LogP contribution is -2.09. The van der Waals surface area contributed by atoms with Gasteiger partial charge in [0.15, 0.2) is 0 Å². The van der Waals surface area contributed by atoms with Gasteiger partial charge in [-0.1, -0.05) is 17.7 Å². The molecular weight excluding hydrogens is 232 g/mol. The Labute approximate surface area is 107 Å². The molecule has 1 N–H and O–H groups in total. The number of nitrogens with one attached hydrogen (secondary N) is 1. The van der Waals surface area contributed by atoms with Gasteiger partial charge in [-0.2, -0.15) is 0 Å². The Morgan fingerprint density at radius 2 is 1.71 bits per heavy atom. The molecule has 2 aromatic carbocycles. The largest absolute Gasteiger partial charge is 0.388 e. The van der Waals surface area contributed by atoms with Gasteiger partial charge < -0.3 is 10.2 Å². The third kappa shape index (κ3) is 2.71. The van der Waals surface area contributed by atoms with E-state index >= 15 is 0 Å². The van der Waals surface area contributed by atoms with Crippen LogP contribution in [0.1, 0.15) is 0 Å². The molecule has 0 bridgehead atoms. The van der Waals surface area contributed by atoms with Crippen LogP contribution in [0.2, 0.25) is 5.02 Å². The summed E-state index contributed by atoms with van der Waals surface area (Å²) >= 11 is 5.99. The minimum absolute atomic E-state index is 0.751. The molecule has 0 aliphatic rings. The first-order chi connectivity index (χ1) is 8.20. The van der Waals surface area contributed by atoms with Gasteiger partial charge in [-0.25, -0.2) is 0 Å². The van der Waals surface area contributed by atoms with E-state index in [1.807, 2.05) is 38.4 Å². The fourth-order valence-corrected chi connectivity index (χ4v) is 1.87. The molecule has 0 radical (unpaired) electrons. The second-order valence-electron chi connectivity index (χ2n) is 3.84. The SMILES string of the molecule is CNc1ccc(N(C)c2cccc(Cl)c2)cc1. The molecule has 3 heteroatoms. The molecule has 0 unspecified atom stereocenters. The van der Waals surface area contributed by atoms with Crippen LogP contribution in [0.5, 0.6) is 0 Å². The van der Waals surface area contributed by atoms with Gasteiger partial charge in [-0.15, -0.1) is 0 Å². The van der Waals surface area contributed by atoms with Crippen LogP contribution in [0.15, 0.2) is 48.5 Å². The van der Waals surface area contributed by atoms with Crippen molar-refractivity contribution in [2.45, 2.75) is 0 Å². The van der Waals surface area contributed by atoms with E-state index in [9.17, 15) is 0 Å². The monoisotopic (exact) mass is 246 g/mol. The summed E-state index contributed by atoms with van der Waals surface area (Å²) in [4.78, 5) is 2.10. The van der Waals surface area contributed by atoms with Gasteiger partial charge in [0.1, 0.15) is 0 Å². The maximum Gasteiger partial charge on any atom is 0.0426 e. The summed E-state index contributed by atoms with van der Waals surface area (Å²) in [5.74, 6) is 0. The van der Waals surface area contributed by atoms with Crippen LogP contribution in [-0.2, 0) is 0 Å². The van der Waals surface area contributed by atoms with Crippen molar-refractivity contribution in [2.24, 2.45) is 0 Å². The van der Waals surface area contributed by atoms with E-state index in [1.54, 1.807) is 0 Å². The summed E-state index contributed by atoms with van der Waals surface area (Å²) < 4.78 is 0. The van der Waals surface area contributed by atoms with Crippen molar-refractivity contribution in [3.05, 3.63) is 53.6 Å². The smallest absolute Gasteiger partial charge is 0.0426 e. The summed E-state index contributed by atoms with van der Waals surface area (Å²) in [7, 11) is 3.94. The molecule has 2 aromatic rings. The van der Waals surface area contributed by atoms with Gasteiger partial charge in [0.25, 0.3) is 0 Å². The fraction of sp³-hybridized carbons (Fsp3) is 0.143. The van der Waals surface area contributed by atoms with Crippen LogP contribution >= 0.6 is 11.6 Å². The molecule has 0 spiro atoms. The molecule has 0 aliphatic heterocycles. The molecule has 0 aromatic heterocycles. The van der Waals surface area contributed by atoms with Gasteiger partial charge in [-0.3, -0.25) is 0 Å². The highest BCUT2D eigenvalue weighted by molar-refractivity contribution is 6.30. The van der Waals surface area contributed by atoms with Crippen LogP contribution in [0, 0.1) is 0 Å². The molecule has 88 valence electrons. The fourth-order valence-electron chi connectivity index (χ4n) is 1.69. The zero-order valence-electron chi connectivity index (χ0n) is 9.94. The van der Waals surface area contributed by atoms with E-state index < -0.39 is 0 Å². The van der Waals surface area contributed by atoms with Crippen LogP contribution in [-0.4, -0.2) is 14.1 Å². The number of hydrogen-bond acceptors (Lipinski definition) is 2. The molecule has 2 nitrogen and oxygen atoms in total. The molecule has 0 atom stereocenters. The Bertz CT molecular complexity index is 494. The highest BCUT2D eigenvalue weighted by Crippen LogP contribution is 2.26. The average Bonchev–Trinajstić information content (AvgIpc) is 2.38.